The summed E-state index contributed by atoms with van der Waals surface area (Å²) in [4.78, 5) is 25.5. The summed E-state index contributed by atoms with van der Waals surface area (Å²) in [5.74, 6) is 0.982. The molecule has 2 aliphatic rings. The Kier molecular flexibility index (Phi) is 5.40. The van der Waals surface area contributed by atoms with Gasteiger partial charge < -0.3 is 16.4 Å². The molecule has 3 atom stereocenters. The van der Waals surface area contributed by atoms with E-state index in [1.165, 1.54) is 0 Å². The second-order valence-electron chi connectivity index (χ2n) is 6.33. The van der Waals surface area contributed by atoms with Gasteiger partial charge in [-0.2, -0.15) is 0 Å². The van der Waals surface area contributed by atoms with E-state index >= 15 is 0 Å². The fourth-order valence-corrected chi connectivity index (χ4v) is 3.73. The van der Waals surface area contributed by atoms with Gasteiger partial charge in [-0.1, -0.05) is 6.42 Å². The fourth-order valence-electron chi connectivity index (χ4n) is 3.73. The van der Waals surface area contributed by atoms with Crippen LogP contribution in [0.1, 0.15) is 44.9 Å². The lowest BCUT2D eigenvalue weighted by atomic mass is 9.90. The van der Waals surface area contributed by atoms with Gasteiger partial charge in [0.1, 0.15) is 0 Å². The van der Waals surface area contributed by atoms with Crippen molar-refractivity contribution >= 4 is 11.8 Å². The zero-order chi connectivity index (χ0) is 14.5. The van der Waals surface area contributed by atoms with E-state index in [0.717, 1.165) is 51.6 Å². The Balaban J connectivity index is 1.87. The van der Waals surface area contributed by atoms with Crippen LogP contribution in [0.2, 0.25) is 0 Å². The number of carbonyl (C=O) groups excluding carboxylic acids is 2. The zero-order valence-corrected chi connectivity index (χ0v) is 12.2. The number of nitrogens with zero attached hydrogens (tertiary/aromatic N) is 1. The molecule has 0 radical (unpaired) electrons. The van der Waals surface area contributed by atoms with Crippen LogP contribution in [0.4, 0.5) is 0 Å². The first-order valence-electron chi connectivity index (χ1n) is 7.89. The number of amides is 2. The summed E-state index contributed by atoms with van der Waals surface area (Å²) in [6, 6.07) is 0. The lowest BCUT2D eigenvalue weighted by Crippen LogP contribution is -2.44. The van der Waals surface area contributed by atoms with Gasteiger partial charge in [-0.15, -0.1) is 0 Å². The van der Waals surface area contributed by atoms with Gasteiger partial charge in [0.25, 0.3) is 0 Å². The van der Waals surface area contributed by atoms with Crippen LogP contribution in [-0.4, -0.2) is 36.3 Å². The molecule has 4 N–H and O–H groups in total. The van der Waals surface area contributed by atoms with Gasteiger partial charge in [0.2, 0.25) is 11.8 Å². The highest BCUT2D eigenvalue weighted by atomic mass is 16.2. The summed E-state index contributed by atoms with van der Waals surface area (Å²) in [5, 5.41) is 0. The lowest BCUT2D eigenvalue weighted by Gasteiger charge is -2.35. The number of nitrogens with two attached hydrogens (primary N) is 2. The molecule has 2 rings (SSSR count). The minimum absolute atomic E-state index is 0.134. The normalized spacial score (nSPS) is 30.4. The molecule has 0 aromatic rings. The quantitative estimate of drug-likeness (QED) is 0.783. The molecule has 0 bridgehead atoms. The van der Waals surface area contributed by atoms with Crippen LogP contribution < -0.4 is 11.5 Å². The maximum Gasteiger partial charge on any atom is 0.226 e. The van der Waals surface area contributed by atoms with E-state index in [4.69, 9.17) is 11.5 Å². The molecule has 5 heteroatoms. The molecule has 1 aliphatic carbocycles. The zero-order valence-electron chi connectivity index (χ0n) is 12.2. The third-order valence-electron chi connectivity index (χ3n) is 4.91. The first-order valence-corrected chi connectivity index (χ1v) is 7.89. The van der Waals surface area contributed by atoms with Crippen LogP contribution in [0.25, 0.3) is 0 Å². The molecule has 114 valence electrons. The summed E-state index contributed by atoms with van der Waals surface area (Å²) in [6.45, 7) is 2.27. The van der Waals surface area contributed by atoms with Crippen molar-refractivity contribution in [1.82, 2.24) is 4.90 Å². The van der Waals surface area contributed by atoms with Crippen molar-refractivity contribution < 1.29 is 9.59 Å². The minimum atomic E-state index is -0.243. The standard InChI is InChI=1S/C15H27N3O2/c16-9-12-4-1-5-13(12)15(20)18-8-2-3-11(10-18)6-7-14(17)19/h11-13H,1-10,16H2,(H2,17,19)/t11?,12-,13-/m1/s1. The maximum atomic E-state index is 12.6. The monoisotopic (exact) mass is 281 g/mol. The molecule has 1 unspecified atom stereocenters. The van der Waals surface area contributed by atoms with Gasteiger partial charge in [-0.25, -0.2) is 0 Å². The molecule has 20 heavy (non-hydrogen) atoms. The van der Waals surface area contributed by atoms with E-state index in [9.17, 15) is 9.59 Å². The van der Waals surface area contributed by atoms with Crippen LogP contribution in [0.15, 0.2) is 0 Å². The van der Waals surface area contributed by atoms with E-state index < -0.39 is 0 Å². The Hall–Kier alpha value is -1.10. The molecular formula is C15H27N3O2. The summed E-state index contributed by atoms with van der Waals surface area (Å²) >= 11 is 0. The molecule has 0 aromatic carbocycles. The van der Waals surface area contributed by atoms with Gasteiger partial charge in [0, 0.05) is 25.4 Å². The highest BCUT2D eigenvalue weighted by Crippen LogP contribution is 2.33. The minimum Gasteiger partial charge on any atom is -0.370 e. The number of rotatable bonds is 5. The molecule has 1 aliphatic heterocycles. The Morgan fingerprint density at radius 2 is 1.95 bits per heavy atom. The number of hydrogen-bond donors (Lipinski definition) is 2. The smallest absolute Gasteiger partial charge is 0.226 e. The third-order valence-corrected chi connectivity index (χ3v) is 4.91. The van der Waals surface area contributed by atoms with Gasteiger partial charge >= 0.3 is 0 Å². The molecule has 2 fully saturated rings. The SMILES string of the molecule is NC[C@H]1CCC[C@H]1C(=O)N1CCCC(CCC(N)=O)C1. The molecule has 2 amide bonds. The molecule has 1 saturated carbocycles. The second-order valence-corrected chi connectivity index (χ2v) is 6.33. The van der Waals surface area contributed by atoms with Crippen molar-refractivity contribution in [2.75, 3.05) is 19.6 Å². The number of primary amides is 1. The average Bonchev–Trinajstić information content (AvgIpc) is 2.93. The van der Waals surface area contributed by atoms with Gasteiger partial charge in [-0.05, 0) is 50.5 Å². The van der Waals surface area contributed by atoms with E-state index in [2.05, 4.69) is 0 Å². The number of hydrogen-bond acceptors (Lipinski definition) is 3. The highest BCUT2D eigenvalue weighted by molar-refractivity contribution is 5.79. The summed E-state index contributed by atoms with van der Waals surface area (Å²) in [5.41, 5.74) is 11.0. The summed E-state index contributed by atoms with van der Waals surface area (Å²) in [7, 11) is 0. The van der Waals surface area contributed by atoms with Crippen LogP contribution in [0.3, 0.4) is 0 Å². The number of piperidine rings is 1. The van der Waals surface area contributed by atoms with Crippen molar-refractivity contribution in [2.45, 2.75) is 44.9 Å². The topological polar surface area (TPSA) is 89.4 Å². The molecule has 0 spiro atoms. The van der Waals surface area contributed by atoms with Gasteiger partial charge in [0.15, 0.2) is 0 Å². The van der Waals surface area contributed by atoms with Gasteiger partial charge in [0.05, 0.1) is 0 Å². The van der Waals surface area contributed by atoms with Crippen molar-refractivity contribution in [3.05, 3.63) is 0 Å². The van der Waals surface area contributed by atoms with E-state index in [1.54, 1.807) is 0 Å². The Labute approximate surface area is 121 Å². The third kappa shape index (κ3) is 3.72. The summed E-state index contributed by atoms with van der Waals surface area (Å²) in [6.07, 6.45) is 6.58. The van der Waals surface area contributed by atoms with E-state index in [1.807, 2.05) is 4.90 Å². The lowest BCUT2D eigenvalue weighted by molar-refractivity contribution is -0.138. The van der Waals surface area contributed by atoms with Crippen LogP contribution in [0, 0.1) is 17.8 Å². The molecule has 1 saturated heterocycles. The van der Waals surface area contributed by atoms with Crippen molar-refractivity contribution in [3.8, 4) is 0 Å². The molecular weight excluding hydrogens is 254 g/mol. The van der Waals surface area contributed by atoms with Crippen molar-refractivity contribution in [2.24, 2.45) is 29.2 Å². The Bertz CT molecular complexity index is 359. The van der Waals surface area contributed by atoms with E-state index in [0.29, 0.717) is 30.7 Å². The fraction of sp³-hybridized carbons (Fsp3) is 0.867. The number of carbonyl (C=O) groups is 2. The second kappa shape index (κ2) is 7.07. The van der Waals surface area contributed by atoms with Crippen molar-refractivity contribution in [3.63, 3.8) is 0 Å². The Morgan fingerprint density at radius 3 is 2.65 bits per heavy atom. The molecule has 0 aromatic heterocycles. The van der Waals surface area contributed by atoms with Crippen molar-refractivity contribution in [1.29, 1.82) is 0 Å². The maximum absolute atomic E-state index is 12.6. The van der Waals surface area contributed by atoms with Crippen LogP contribution in [-0.2, 0) is 9.59 Å². The predicted octanol–water partition coefficient (Wildman–Crippen LogP) is 0.866. The van der Waals surface area contributed by atoms with E-state index in [-0.39, 0.29) is 11.8 Å². The van der Waals surface area contributed by atoms with Gasteiger partial charge in [-0.3, -0.25) is 9.59 Å². The Morgan fingerprint density at radius 1 is 1.15 bits per heavy atom. The number of likely N-dealkylation sites (tertiary alicyclic amines) is 1. The first-order chi connectivity index (χ1) is 9.61. The predicted molar refractivity (Wildman–Crippen MR) is 77.6 cm³/mol. The van der Waals surface area contributed by atoms with Crippen LogP contribution >= 0.6 is 0 Å². The molecule has 5 nitrogen and oxygen atoms in total. The first kappa shape index (κ1) is 15.3. The largest absolute Gasteiger partial charge is 0.370 e. The van der Waals surface area contributed by atoms with Crippen LogP contribution in [0.5, 0.6) is 0 Å². The average molecular weight is 281 g/mol. The highest BCUT2D eigenvalue weighted by Gasteiger charge is 2.36. The summed E-state index contributed by atoms with van der Waals surface area (Å²) < 4.78 is 0. The molecule has 1 heterocycles.